The molecule has 0 fully saturated rings. The predicted molar refractivity (Wildman–Crippen MR) is 82.8 cm³/mol. The van der Waals surface area contributed by atoms with Crippen LogP contribution in [0.3, 0.4) is 0 Å². The van der Waals surface area contributed by atoms with Crippen LogP contribution in [0.15, 0.2) is 54.6 Å². The molecule has 0 heterocycles. The van der Waals surface area contributed by atoms with E-state index >= 15 is 0 Å². The van der Waals surface area contributed by atoms with Crippen molar-refractivity contribution < 1.29 is 0 Å². The van der Waals surface area contributed by atoms with E-state index in [2.05, 4.69) is 67.3 Å². The Labute approximate surface area is 116 Å². The summed E-state index contributed by atoms with van der Waals surface area (Å²) in [5.41, 5.74) is 2.53. The van der Waals surface area contributed by atoms with Crippen LogP contribution >= 0.6 is 0 Å². The highest BCUT2D eigenvalue weighted by Crippen LogP contribution is 2.30. The van der Waals surface area contributed by atoms with Crippen molar-refractivity contribution in [2.45, 2.75) is 39.2 Å². The number of hydrogen-bond acceptors (Lipinski definition) is 1. The Morgan fingerprint density at radius 2 is 1.58 bits per heavy atom. The van der Waals surface area contributed by atoms with E-state index in [0.29, 0.717) is 6.04 Å². The van der Waals surface area contributed by atoms with E-state index in [-0.39, 0.29) is 0 Å². The summed E-state index contributed by atoms with van der Waals surface area (Å²) in [6.45, 7) is 4.52. The Bertz CT molecular complexity index is 424. The molecule has 0 spiro atoms. The van der Waals surface area contributed by atoms with Gasteiger partial charge < -0.3 is 4.90 Å². The fourth-order valence-electron chi connectivity index (χ4n) is 2.55. The van der Waals surface area contributed by atoms with Crippen LogP contribution in [-0.4, -0.2) is 6.04 Å². The van der Waals surface area contributed by atoms with Crippen LogP contribution in [0.25, 0.3) is 0 Å². The maximum Gasteiger partial charge on any atom is 0.0413 e. The first-order valence-corrected chi connectivity index (χ1v) is 7.17. The van der Waals surface area contributed by atoms with Crippen molar-refractivity contribution in [3.63, 3.8) is 0 Å². The molecule has 0 N–H and O–H groups in total. The highest BCUT2D eigenvalue weighted by Gasteiger charge is 2.17. The van der Waals surface area contributed by atoms with E-state index in [1.54, 1.807) is 0 Å². The van der Waals surface area contributed by atoms with Gasteiger partial charge in [0.1, 0.15) is 0 Å². The molecule has 1 unspecified atom stereocenters. The molecule has 0 aromatic heterocycles. The average molecular weight is 252 g/mol. The molecule has 0 aliphatic heterocycles. The molecule has 0 amide bonds. The number of hydrogen-bond donors (Lipinski definition) is 0. The zero-order valence-electron chi connectivity index (χ0n) is 11.8. The minimum Gasteiger partial charge on any atom is -0.338 e. The lowest BCUT2D eigenvalue weighted by molar-refractivity contribution is 0.572. The number of rotatable bonds is 6. The first-order chi connectivity index (χ1) is 9.36. The van der Waals surface area contributed by atoms with Crippen LogP contribution in [-0.2, 0) is 0 Å². The summed E-state index contributed by atoms with van der Waals surface area (Å²) in [5, 5.41) is 0. The average Bonchev–Trinajstić information content (AvgIpc) is 2.49. The van der Waals surface area contributed by atoms with Crippen LogP contribution < -0.4 is 4.90 Å². The van der Waals surface area contributed by atoms with Gasteiger partial charge in [0.15, 0.2) is 0 Å². The standard InChI is InChI=1S/C18H22N/c1-3-11-16(4-2)19(17-12-7-5-8-13-17)18-14-9-6-10-15-18/h5,7-10,12-16H,3-4,11H2,1-2H3. The number of nitrogens with zero attached hydrogens (tertiary/aromatic N) is 1. The summed E-state index contributed by atoms with van der Waals surface area (Å²) in [7, 11) is 0. The van der Waals surface area contributed by atoms with E-state index in [4.69, 9.17) is 0 Å². The van der Waals surface area contributed by atoms with Crippen LogP contribution in [0.4, 0.5) is 11.4 Å². The summed E-state index contributed by atoms with van der Waals surface area (Å²) >= 11 is 0. The van der Waals surface area contributed by atoms with Crippen molar-refractivity contribution in [3.05, 3.63) is 60.7 Å². The van der Waals surface area contributed by atoms with Crippen molar-refractivity contribution in [1.82, 2.24) is 0 Å². The Morgan fingerprint density at radius 1 is 0.947 bits per heavy atom. The summed E-state index contributed by atoms with van der Waals surface area (Å²) in [6, 6.07) is 22.6. The predicted octanol–water partition coefficient (Wildman–Crippen LogP) is 5.20. The first kappa shape index (κ1) is 13.7. The lowest BCUT2D eigenvalue weighted by Crippen LogP contribution is -2.30. The van der Waals surface area contributed by atoms with Gasteiger partial charge in [0, 0.05) is 17.4 Å². The quantitative estimate of drug-likeness (QED) is 0.682. The highest BCUT2D eigenvalue weighted by molar-refractivity contribution is 5.63. The van der Waals surface area contributed by atoms with Gasteiger partial charge in [-0.2, -0.15) is 0 Å². The molecule has 1 heteroatoms. The van der Waals surface area contributed by atoms with E-state index in [1.807, 2.05) is 12.1 Å². The Hall–Kier alpha value is -1.76. The van der Waals surface area contributed by atoms with Crippen molar-refractivity contribution in [2.24, 2.45) is 0 Å². The van der Waals surface area contributed by atoms with E-state index in [1.165, 1.54) is 24.2 Å². The van der Waals surface area contributed by atoms with Crippen molar-refractivity contribution >= 4 is 11.4 Å². The topological polar surface area (TPSA) is 3.24 Å². The van der Waals surface area contributed by atoms with Gasteiger partial charge in [0.25, 0.3) is 0 Å². The molecule has 99 valence electrons. The fraction of sp³-hybridized carbons (Fsp3) is 0.333. The summed E-state index contributed by atoms with van der Waals surface area (Å²) in [5.74, 6) is 0. The first-order valence-electron chi connectivity index (χ1n) is 7.17. The van der Waals surface area contributed by atoms with Gasteiger partial charge in [0.05, 0.1) is 0 Å². The lowest BCUT2D eigenvalue weighted by Gasteiger charge is -2.33. The van der Waals surface area contributed by atoms with Gasteiger partial charge in [0.2, 0.25) is 0 Å². The smallest absolute Gasteiger partial charge is 0.0413 e. The van der Waals surface area contributed by atoms with Crippen molar-refractivity contribution in [1.29, 1.82) is 0 Å². The number of benzene rings is 2. The minimum atomic E-state index is 0.551. The van der Waals surface area contributed by atoms with Gasteiger partial charge in [-0.25, -0.2) is 0 Å². The Kier molecular flexibility index (Phi) is 5.02. The molecular formula is C18H22N. The van der Waals surface area contributed by atoms with Gasteiger partial charge in [-0.15, -0.1) is 0 Å². The molecule has 19 heavy (non-hydrogen) atoms. The van der Waals surface area contributed by atoms with E-state index in [0.717, 1.165) is 6.42 Å². The Balaban J connectivity index is 2.38. The van der Waals surface area contributed by atoms with Crippen molar-refractivity contribution in [2.75, 3.05) is 4.90 Å². The number of anilines is 2. The molecule has 2 aromatic rings. The molecule has 1 nitrogen and oxygen atoms in total. The number of para-hydroxylation sites is 1. The second-order valence-corrected chi connectivity index (χ2v) is 4.81. The van der Waals surface area contributed by atoms with Crippen LogP contribution in [0, 0.1) is 6.07 Å². The summed E-state index contributed by atoms with van der Waals surface area (Å²) < 4.78 is 0. The normalized spacial score (nSPS) is 12.1. The molecule has 0 saturated heterocycles. The molecule has 2 rings (SSSR count). The second kappa shape index (κ2) is 6.98. The molecule has 0 bridgehead atoms. The largest absolute Gasteiger partial charge is 0.338 e. The van der Waals surface area contributed by atoms with Gasteiger partial charge in [-0.05, 0) is 43.2 Å². The zero-order valence-corrected chi connectivity index (χ0v) is 11.8. The fourth-order valence-corrected chi connectivity index (χ4v) is 2.55. The van der Waals surface area contributed by atoms with Crippen LogP contribution in [0.2, 0.25) is 0 Å². The maximum atomic E-state index is 3.10. The molecule has 0 aliphatic rings. The van der Waals surface area contributed by atoms with E-state index in [9.17, 15) is 0 Å². The molecule has 2 aromatic carbocycles. The lowest BCUT2D eigenvalue weighted by atomic mass is 10.0. The second-order valence-electron chi connectivity index (χ2n) is 4.81. The monoisotopic (exact) mass is 252 g/mol. The third-order valence-corrected chi connectivity index (χ3v) is 3.47. The Morgan fingerprint density at radius 3 is 2.16 bits per heavy atom. The zero-order chi connectivity index (χ0) is 13.5. The molecule has 0 saturated carbocycles. The summed E-state index contributed by atoms with van der Waals surface area (Å²) in [4.78, 5) is 2.46. The third-order valence-electron chi connectivity index (χ3n) is 3.47. The van der Waals surface area contributed by atoms with E-state index < -0.39 is 0 Å². The van der Waals surface area contributed by atoms with Gasteiger partial charge in [-0.1, -0.05) is 50.6 Å². The SMILES string of the molecule is CCCC(CC)N(c1cc[c]cc1)c1ccccc1. The third kappa shape index (κ3) is 3.37. The van der Waals surface area contributed by atoms with Gasteiger partial charge >= 0.3 is 0 Å². The molecule has 1 atom stereocenters. The molecular weight excluding hydrogens is 230 g/mol. The van der Waals surface area contributed by atoms with Gasteiger partial charge in [-0.3, -0.25) is 0 Å². The van der Waals surface area contributed by atoms with Crippen LogP contribution in [0.1, 0.15) is 33.1 Å². The molecule has 0 aliphatic carbocycles. The van der Waals surface area contributed by atoms with Crippen molar-refractivity contribution in [3.8, 4) is 0 Å². The molecule has 1 radical (unpaired) electrons. The highest BCUT2D eigenvalue weighted by atomic mass is 15.2. The van der Waals surface area contributed by atoms with Crippen LogP contribution in [0.5, 0.6) is 0 Å². The minimum absolute atomic E-state index is 0.551. The maximum absolute atomic E-state index is 3.10. The summed E-state index contributed by atoms with van der Waals surface area (Å²) in [6.07, 6.45) is 3.58.